The molecule has 1 heterocycles. The number of thioether (sulfide) groups is 1. The van der Waals surface area contributed by atoms with E-state index in [0.717, 1.165) is 11.1 Å². The zero-order valence-electron chi connectivity index (χ0n) is 16.4. The molecule has 150 valence electrons. The normalized spacial score (nSPS) is 11.9. The van der Waals surface area contributed by atoms with E-state index in [1.165, 1.54) is 23.9 Å². The van der Waals surface area contributed by atoms with E-state index >= 15 is 0 Å². The molecule has 0 N–H and O–H groups in total. The Morgan fingerprint density at radius 3 is 2.23 bits per heavy atom. The van der Waals surface area contributed by atoms with Gasteiger partial charge in [-0.3, -0.25) is 9.36 Å². The van der Waals surface area contributed by atoms with Crippen LogP contribution in [0.15, 0.2) is 90.1 Å². The summed E-state index contributed by atoms with van der Waals surface area (Å²) in [5.74, 6) is 0.378. The Hall–Kier alpha value is -3.25. The van der Waals surface area contributed by atoms with E-state index in [9.17, 15) is 9.18 Å². The topological polar surface area (TPSA) is 47.8 Å². The number of nitrogens with zero attached hydrogens (tertiary/aromatic N) is 3. The van der Waals surface area contributed by atoms with Crippen LogP contribution in [0.3, 0.4) is 0 Å². The van der Waals surface area contributed by atoms with Crippen LogP contribution in [0, 0.1) is 5.82 Å². The van der Waals surface area contributed by atoms with Crippen LogP contribution >= 0.6 is 11.8 Å². The largest absolute Gasteiger partial charge is 0.298 e. The lowest BCUT2D eigenvalue weighted by molar-refractivity contribution is 0.0994. The van der Waals surface area contributed by atoms with Gasteiger partial charge in [-0.15, -0.1) is 10.2 Å². The second-order valence-corrected chi connectivity index (χ2v) is 8.18. The zero-order valence-corrected chi connectivity index (χ0v) is 17.2. The Morgan fingerprint density at radius 1 is 0.933 bits per heavy atom. The van der Waals surface area contributed by atoms with Crippen molar-refractivity contribution in [3.05, 3.63) is 102 Å². The molecule has 1 atom stereocenters. The Morgan fingerprint density at radius 2 is 1.57 bits per heavy atom. The first-order valence-electron chi connectivity index (χ1n) is 9.61. The quantitative estimate of drug-likeness (QED) is 0.294. The van der Waals surface area contributed by atoms with Crippen molar-refractivity contribution in [1.29, 1.82) is 0 Å². The van der Waals surface area contributed by atoms with E-state index in [0.29, 0.717) is 23.1 Å². The number of halogens is 1. The van der Waals surface area contributed by atoms with Crippen molar-refractivity contribution >= 4 is 17.5 Å². The number of carbonyl (C=O) groups is 1. The fourth-order valence-corrected chi connectivity index (χ4v) is 4.07. The standard InChI is InChI=1S/C24H20FN3OS/c1-17(22(29)19-10-6-3-7-11-19)30-24-27-26-23(20-12-14-21(25)15-13-20)28(24)16-18-8-4-2-5-9-18/h2-15,17H,16H2,1H3. The average molecular weight is 418 g/mol. The Balaban J connectivity index is 1.66. The zero-order chi connectivity index (χ0) is 20.9. The molecule has 6 heteroatoms. The lowest BCUT2D eigenvalue weighted by atomic mass is 10.1. The molecule has 0 saturated heterocycles. The van der Waals surface area contributed by atoms with Gasteiger partial charge < -0.3 is 0 Å². The second kappa shape index (κ2) is 9.05. The molecule has 4 aromatic rings. The van der Waals surface area contributed by atoms with E-state index in [-0.39, 0.29) is 16.9 Å². The highest BCUT2D eigenvalue weighted by molar-refractivity contribution is 8.00. The summed E-state index contributed by atoms with van der Waals surface area (Å²) in [6, 6.07) is 25.4. The summed E-state index contributed by atoms with van der Waals surface area (Å²) < 4.78 is 15.4. The van der Waals surface area contributed by atoms with Gasteiger partial charge in [0, 0.05) is 11.1 Å². The summed E-state index contributed by atoms with van der Waals surface area (Å²) in [4.78, 5) is 12.8. The molecule has 4 nitrogen and oxygen atoms in total. The number of Topliss-reactive ketones (excluding diaryl/α,β-unsaturated/α-hetero) is 1. The van der Waals surface area contributed by atoms with Crippen molar-refractivity contribution in [2.24, 2.45) is 0 Å². The van der Waals surface area contributed by atoms with Crippen LogP contribution in [-0.2, 0) is 6.54 Å². The number of ketones is 1. The minimum Gasteiger partial charge on any atom is -0.298 e. The van der Waals surface area contributed by atoms with Gasteiger partial charge >= 0.3 is 0 Å². The number of aromatic nitrogens is 3. The molecular weight excluding hydrogens is 397 g/mol. The smallest absolute Gasteiger partial charge is 0.192 e. The van der Waals surface area contributed by atoms with Crippen LogP contribution < -0.4 is 0 Å². The maximum absolute atomic E-state index is 13.4. The third kappa shape index (κ3) is 4.49. The van der Waals surface area contributed by atoms with Crippen LogP contribution in [0.25, 0.3) is 11.4 Å². The third-order valence-corrected chi connectivity index (χ3v) is 5.79. The summed E-state index contributed by atoms with van der Waals surface area (Å²) in [6.45, 7) is 2.42. The Labute approximate surface area is 178 Å². The van der Waals surface area contributed by atoms with Gasteiger partial charge in [0.05, 0.1) is 11.8 Å². The first-order valence-corrected chi connectivity index (χ1v) is 10.5. The van der Waals surface area contributed by atoms with E-state index in [1.54, 1.807) is 12.1 Å². The molecule has 0 radical (unpaired) electrons. The van der Waals surface area contributed by atoms with Gasteiger partial charge in [-0.25, -0.2) is 4.39 Å². The molecule has 0 aliphatic rings. The average Bonchev–Trinajstić information content (AvgIpc) is 3.17. The highest BCUT2D eigenvalue weighted by Crippen LogP contribution is 2.29. The molecule has 0 spiro atoms. The molecule has 0 fully saturated rings. The van der Waals surface area contributed by atoms with Gasteiger partial charge in [0.25, 0.3) is 0 Å². The van der Waals surface area contributed by atoms with Crippen molar-refractivity contribution in [3.8, 4) is 11.4 Å². The van der Waals surface area contributed by atoms with Gasteiger partial charge in [0.2, 0.25) is 0 Å². The van der Waals surface area contributed by atoms with Crippen LogP contribution in [0.1, 0.15) is 22.8 Å². The minimum absolute atomic E-state index is 0.0400. The monoisotopic (exact) mass is 417 g/mol. The number of rotatable bonds is 7. The Bertz CT molecular complexity index is 1130. The molecule has 0 aliphatic carbocycles. The molecule has 30 heavy (non-hydrogen) atoms. The molecule has 1 aromatic heterocycles. The van der Waals surface area contributed by atoms with E-state index < -0.39 is 0 Å². The van der Waals surface area contributed by atoms with Crippen molar-refractivity contribution < 1.29 is 9.18 Å². The predicted molar refractivity (Wildman–Crippen MR) is 117 cm³/mol. The number of carbonyl (C=O) groups excluding carboxylic acids is 1. The minimum atomic E-state index is -0.327. The van der Waals surface area contributed by atoms with Crippen LogP contribution in [0.2, 0.25) is 0 Å². The molecule has 3 aromatic carbocycles. The first-order chi connectivity index (χ1) is 14.6. The van der Waals surface area contributed by atoms with E-state index in [4.69, 9.17) is 0 Å². The van der Waals surface area contributed by atoms with Crippen molar-refractivity contribution in [1.82, 2.24) is 14.8 Å². The van der Waals surface area contributed by atoms with Gasteiger partial charge in [0.15, 0.2) is 16.8 Å². The van der Waals surface area contributed by atoms with Crippen LogP contribution in [0.5, 0.6) is 0 Å². The molecule has 0 aliphatic heterocycles. The molecule has 0 amide bonds. The number of hydrogen-bond acceptors (Lipinski definition) is 4. The van der Waals surface area contributed by atoms with Crippen molar-refractivity contribution in [2.45, 2.75) is 23.9 Å². The SMILES string of the molecule is CC(Sc1nnc(-c2ccc(F)cc2)n1Cc1ccccc1)C(=O)c1ccccc1. The van der Waals surface area contributed by atoms with Crippen molar-refractivity contribution in [3.63, 3.8) is 0 Å². The molecule has 4 rings (SSSR count). The lowest BCUT2D eigenvalue weighted by Gasteiger charge is -2.13. The number of benzene rings is 3. The van der Waals surface area contributed by atoms with Gasteiger partial charge in [-0.05, 0) is 36.8 Å². The highest BCUT2D eigenvalue weighted by atomic mass is 32.2. The summed E-state index contributed by atoms with van der Waals surface area (Å²) in [5, 5.41) is 9.03. The maximum Gasteiger partial charge on any atom is 0.192 e. The Kier molecular flexibility index (Phi) is 6.05. The van der Waals surface area contributed by atoms with Crippen LogP contribution in [-0.4, -0.2) is 25.8 Å². The molecule has 1 unspecified atom stereocenters. The first kappa shape index (κ1) is 20.0. The fraction of sp³-hybridized carbons (Fsp3) is 0.125. The molecule has 0 saturated carbocycles. The van der Waals surface area contributed by atoms with Gasteiger partial charge in [0.1, 0.15) is 5.82 Å². The summed E-state index contributed by atoms with van der Waals surface area (Å²) >= 11 is 1.38. The van der Waals surface area contributed by atoms with Gasteiger partial charge in [-0.2, -0.15) is 0 Å². The number of hydrogen-bond donors (Lipinski definition) is 0. The second-order valence-electron chi connectivity index (χ2n) is 6.88. The van der Waals surface area contributed by atoms with E-state index in [2.05, 4.69) is 10.2 Å². The lowest BCUT2D eigenvalue weighted by Crippen LogP contribution is -2.15. The van der Waals surface area contributed by atoms with E-state index in [1.807, 2.05) is 72.2 Å². The predicted octanol–water partition coefficient (Wildman–Crippen LogP) is 5.50. The van der Waals surface area contributed by atoms with Gasteiger partial charge in [-0.1, -0.05) is 72.4 Å². The van der Waals surface area contributed by atoms with Crippen molar-refractivity contribution in [2.75, 3.05) is 0 Å². The molecule has 0 bridgehead atoms. The molecular formula is C24H20FN3OS. The summed E-state index contributed by atoms with van der Waals surface area (Å²) in [5.41, 5.74) is 2.53. The fourth-order valence-electron chi connectivity index (χ4n) is 3.15. The summed E-state index contributed by atoms with van der Waals surface area (Å²) in [7, 11) is 0. The van der Waals surface area contributed by atoms with Crippen LogP contribution in [0.4, 0.5) is 4.39 Å². The maximum atomic E-state index is 13.4. The summed E-state index contributed by atoms with van der Waals surface area (Å²) in [6.07, 6.45) is 0. The highest BCUT2D eigenvalue weighted by Gasteiger charge is 2.22. The third-order valence-electron chi connectivity index (χ3n) is 4.71.